The lowest BCUT2D eigenvalue weighted by Gasteiger charge is -2.40. The van der Waals surface area contributed by atoms with Gasteiger partial charge in [-0.1, -0.05) is 0 Å². The molecule has 1 amide bonds. The summed E-state index contributed by atoms with van der Waals surface area (Å²) >= 11 is 0. The van der Waals surface area contributed by atoms with Crippen LogP contribution >= 0.6 is 0 Å². The summed E-state index contributed by atoms with van der Waals surface area (Å²) in [6.45, 7) is 8.94. The third-order valence-electron chi connectivity index (χ3n) is 3.62. The fourth-order valence-electron chi connectivity index (χ4n) is 2.72. The van der Waals surface area contributed by atoms with Gasteiger partial charge in [-0.3, -0.25) is 4.79 Å². The van der Waals surface area contributed by atoms with E-state index in [1.807, 2.05) is 4.90 Å². The van der Waals surface area contributed by atoms with Gasteiger partial charge < -0.3 is 15.1 Å². The second-order valence-electron chi connectivity index (χ2n) is 5.82. The Morgan fingerprint density at radius 3 is 2.69 bits per heavy atom. The first kappa shape index (κ1) is 11.9. The van der Waals surface area contributed by atoms with Gasteiger partial charge in [-0.25, -0.2) is 0 Å². The van der Waals surface area contributed by atoms with Crippen molar-refractivity contribution in [3.05, 3.63) is 0 Å². The second kappa shape index (κ2) is 4.34. The number of amides is 1. The van der Waals surface area contributed by atoms with Crippen LogP contribution in [0, 0.1) is 5.92 Å². The fourth-order valence-corrected chi connectivity index (χ4v) is 2.72. The average molecular weight is 225 g/mol. The summed E-state index contributed by atoms with van der Waals surface area (Å²) in [4.78, 5) is 16.6. The number of piperazine rings is 1. The molecule has 0 saturated carbocycles. The molecule has 2 saturated heterocycles. The van der Waals surface area contributed by atoms with Crippen LogP contribution in [0.3, 0.4) is 0 Å². The summed E-state index contributed by atoms with van der Waals surface area (Å²) in [6.07, 6.45) is 1.03. The molecule has 4 nitrogen and oxygen atoms in total. The quantitative estimate of drug-likeness (QED) is 0.690. The van der Waals surface area contributed by atoms with Gasteiger partial charge in [-0.15, -0.1) is 0 Å². The first-order valence-corrected chi connectivity index (χ1v) is 6.20. The Hall–Kier alpha value is -0.610. The van der Waals surface area contributed by atoms with E-state index >= 15 is 0 Å². The smallest absolute Gasteiger partial charge is 0.227 e. The fraction of sp³-hybridized carbons (Fsp3) is 0.917. The Morgan fingerprint density at radius 2 is 2.12 bits per heavy atom. The first-order valence-electron chi connectivity index (χ1n) is 6.20. The number of rotatable bonds is 1. The van der Waals surface area contributed by atoms with E-state index in [9.17, 15) is 4.79 Å². The van der Waals surface area contributed by atoms with Gasteiger partial charge in [-0.05, 0) is 33.9 Å². The maximum Gasteiger partial charge on any atom is 0.227 e. The molecule has 2 fully saturated rings. The standard InChI is InChI=1S/C12H23N3O/c1-12(2)9-15(7-5-13-12)11(16)10-4-6-14(3)8-10/h10,13H,4-9H2,1-3H3. The van der Waals surface area contributed by atoms with Crippen molar-refractivity contribution in [2.45, 2.75) is 25.8 Å². The zero-order valence-corrected chi connectivity index (χ0v) is 10.6. The molecular formula is C12H23N3O. The Balaban J connectivity index is 1.94. The van der Waals surface area contributed by atoms with Gasteiger partial charge in [-0.2, -0.15) is 0 Å². The lowest BCUT2D eigenvalue weighted by atomic mass is 10.00. The molecule has 2 aliphatic heterocycles. The summed E-state index contributed by atoms with van der Waals surface area (Å²) in [7, 11) is 2.09. The third kappa shape index (κ3) is 2.55. The molecular weight excluding hydrogens is 202 g/mol. The van der Waals surface area contributed by atoms with E-state index in [1.165, 1.54) is 0 Å². The minimum atomic E-state index is 0.0679. The number of carbonyl (C=O) groups is 1. The van der Waals surface area contributed by atoms with Crippen LogP contribution in [0.1, 0.15) is 20.3 Å². The summed E-state index contributed by atoms with van der Waals surface area (Å²) in [5.41, 5.74) is 0.0679. The number of nitrogens with zero attached hydrogens (tertiary/aromatic N) is 2. The zero-order chi connectivity index (χ0) is 11.8. The maximum absolute atomic E-state index is 12.3. The topological polar surface area (TPSA) is 35.6 Å². The van der Waals surface area contributed by atoms with Crippen molar-refractivity contribution in [1.82, 2.24) is 15.1 Å². The van der Waals surface area contributed by atoms with Gasteiger partial charge >= 0.3 is 0 Å². The molecule has 92 valence electrons. The van der Waals surface area contributed by atoms with E-state index < -0.39 is 0 Å². The predicted octanol–water partition coefficient (Wildman–Crippen LogP) is 0.149. The molecule has 1 atom stereocenters. The molecule has 2 aliphatic rings. The van der Waals surface area contributed by atoms with Crippen molar-refractivity contribution in [2.24, 2.45) is 5.92 Å². The van der Waals surface area contributed by atoms with Crippen molar-refractivity contribution >= 4 is 5.91 Å². The van der Waals surface area contributed by atoms with Crippen molar-refractivity contribution in [2.75, 3.05) is 39.8 Å². The molecule has 1 N–H and O–H groups in total. The molecule has 2 heterocycles. The highest BCUT2D eigenvalue weighted by Crippen LogP contribution is 2.19. The molecule has 0 radical (unpaired) electrons. The van der Waals surface area contributed by atoms with E-state index in [-0.39, 0.29) is 11.5 Å². The number of nitrogens with one attached hydrogen (secondary N) is 1. The SMILES string of the molecule is CN1CCC(C(=O)N2CCNC(C)(C)C2)C1. The zero-order valence-electron chi connectivity index (χ0n) is 10.6. The summed E-state index contributed by atoms with van der Waals surface area (Å²) in [6, 6.07) is 0. The molecule has 4 heteroatoms. The van der Waals surface area contributed by atoms with Crippen LogP contribution in [0.15, 0.2) is 0 Å². The Morgan fingerprint density at radius 1 is 1.38 bits per heavy atom. The monoisotopic (exact) mass is 225 g/mol. The minimum Gasteiger partial charge on any atom is -0.339 e. The average Bonchev–Trinajstić information content (AvgIpc) is 2.62. The molecule has 0 aromatic carbocycles. The van der Waals surface area contributed by atoms with Gasteiger partial charge in [0, 0.05) is 31.7 Å². The van der Waals surface area contributed by atoms with Crippen LogP contribution in [0.25, 0.3) is 0 Å². The molecule has 0 bridgehead atoms. The van der Waals surface area contributed by atoms with Gasteiger partial charge in [0.15, 0.2) is 0 Å². The van der Waals surface area contributed by atoms with E-state index in [4.69, 9.17) is 0 Å². The molecule has 0 aromatic rings. The summed E-state index contributed by atoms with van der Waals surface area (Å²) in [5, 5.41) is 3.44. The van der Waals surface area contributed by atoms with Crippen LogP contribution in [-0.2, 0) is 4.79 Å². The minimum absolute atomic E-state index is 0.0679. The van der Waals surface area contributed by atoms with E-state index in [1.54, 1.807) is 0 Å². The van der Waals surface area contributed by atoms with Crippen molar-refractivity contribution in [1.29, 1.82) is 0 Å². The van der Waals surface area contributed by atoms with Gasteiger partial charge in [0.1, 0.15) is 0 Å². The Bertz CT molecular complexity index is 277. The van der Waals surface area contributed by atoms with Crippen molar-refractivity contribution in [3.63, 3.8) is 0 Å². The highest BCUT2D eigenvalue weighted by molar-refractivity contribution is 5.79. The second-order valence-corrected chi connectivity index (χ2v) is 5.82. The van der Waals surface area contributed by atoms with Gasteiger partial charge in [0.05, 0.1) is 5.92 Å². The highest BCUT2D eigenvalue weighted by atomic mass is 16.2. The Kier molecular flexibility index (Phi) is 3.22. The van der Waals surface area contributed by atoms with Crippen molar-refractivity contribution < 1.29 is 4.79 Å². The molecule has 2 rings (SSSR count). The number of hydrogen-bond acceptors (Lipinski definition) is 3. The van der Waals surface area contributed by atoms with Crippen LogP contribution in [0.2, 0.25) is 0 Å². The first-order chi connectivity index (χ1) is 7.48. The van der Waals surface area contributed by atoms with E-state index in [0.29, 0.717) is 5.91 Å². The normalized spacial score (nSPS) is 30.7. The lowest BCUT2D eigenvalue weighted by Crippen LogP contribution is -2.59. The summed E-state index contributed by atoms with van der Waals surface area (Å²) in [5.74, 6) is 0.595. The van der Waals surface area contributed by atoms with Gasteiger partial charge in [0.25, 0.3) is 0 Å². The molecule has 0 aliphatic carbocycles. The largest absolute Gasteiger partial charge is 0.339 e. The van der Waals surface area contributed by atoms with Gasteiger partial charge in [0.2, 0.25) is 5.91 Å². The molecule has 0 spiro atoms. The van der Waals surface area contributed by atoms with Crippen LogP contribution in [0.5, 0.6) is 0 Å². The number of hydrogen-bond donors (Lipinski definition) is 1. The van der Waals surface area contributed by atoms with Crippen LogP contribution in [0.4, 0.5) is 0 Å². The van der Waals surface area contributed by atoms with E-state index in [2.05, 4.69) is 31.1 Å². The molecule has 1 unspecified atom stereocenters. The molecule has 16 heavy (non-hydrogen) atoms. The van der Waals surface area contributed by atoms with Crippen LogP contribution < -0.4 is 5.32 Å². The number of carbonyl (C=O) groups excluding carboxylic acids is 1. The third-order valence-corrected chi connectivity index (χ3v) is 3.62. The van der Waals surface area contributed by atoms with Crippen molar-refractivity contribution in [3.8, 4) is 0 Å². The lowest BCUT2D eigenvalue weighted by molar-refractivity contribution is -0.137. The highest BCUT2D eigenvalue weighted by Gasteiger charge is 2.34. The number of likely N-dealkylation sites (tertiary alicyclic amines) is 1. The summed E-state index contributed by atoms with van der Waals surface area (Å²) < 4.78 is 0. The molecule has 0 aromatic heterocycles. The van der Waals surface area contributed by atoms with E-state index in [0.717, 1.165) is 39.1 Å². The maximum atomic E-state index is 12.3. The Labute approximate surface area is 98.0 Å². The van der Waals surface area contributed by atoms with Crippen LogP contribution in [-0.4, -0.2) is 61.0 Å². The predicted molar refractivity (Wildman–Crippen MR) is 64.3 cm³/mol.